The number of unbranched alkanes of at least 4 members (excludes halogenated alkanes) is 1. The zero-order valence-corrected chi connectivity index (χ0v) is 12.7. The first-order valence-corrected chi connectivity index (χ1v) is 6.95. The summed E-state index contributed by atoms with van der Waals surface area (Å²) in [7, 11) is 0. The van der Waals surface area contributed by atoms with Crippen molar-refractivity contribution in [3.05, 3.63) is 60.7 Å². The van der Waals surface area contributed by atoms with E-state index in [4.69, 9.17) is 0 Å². The van der Waals surface area contributed by atoms with Crippen LogP contribution in [0.5, 0.6) is 0 Å². The lowest BCUT2D eigenvalue weighted by Crippen LogP contribution is -2.04. The monoisotopic (exact) mass is 285 g/mol. The van der Waals surface area contributed by atoms with Crippen molar-refractivity contribution in [2.75, 3.05) is 0 Å². The molecule has 3 heteroatoms. The molecule has 0 aromatic heterocycles. The first-order chi connectivity index (χ1) is 10.1. The molecule has 2 N–H and O–H groups in total. The van der Waals surface area contributed by atoms with E-state index in [0.29, 0.717) is 0 Å². The normalized spacial score (nSPS) is 8.67. The highest BCUT2D eigenvalue weighted by Gasteiger charge is 1.96. The maximum atomic E-state index is 10.6. The number of benzene rings is 2. The molecule has 21 heavy (non-hydrogen) atoms. The fraction of sp³-hybridized carbons (Fsp3) is 0.222. The van der Waals surface area contributed by atoms with Gasteiger partial charge < -0.3 is 5.73 Å². The Morgan fingerprint density at radius 3 is 2.10 bits per heavy atom. The molecule has 112 valence electrons. The molecule has 0 aliphatic rings. The number of fused-ring (bicyclic) bond motifs is 1. The molecule has 0 aliphatic carbocycles. The van der Waals surface area contributed by atoms with Crippen molar-refractivity contribution in [2.45, 2.75) is 26.7 Å². The second-order valence-electron chi connectivity index (χ2n) is 4.29. The molecule has 0 saturated heterocycles. The van der Waals surface area contributed by atoms with Gasteiger partial charge in [-0.3, -0.25) is 9.59 Å². The lowest BCUT2D eigenvalue weighted by Gasteiger charge is -1.98. The predicted molar refractivity (Wildman–Crippen MR) is 89.3 cm³/mol. The number of amides is 1. The number of rotatable bonds is 3. The average Bonchev–Trinajstić information content (AvgIpc) is 2.55. The Bertz CT molecular complexity index is 569. The van der Waals surface area contributed by atoms with Crippen LogP contribution in [0.25, 0.3) is 10.8 Å². The highest BCUT2D eigenvalue weighted by molar-refractivity contribution is 5.97. The standard InChI is InChI=1S/C11H8O.C4H10.C3H5NO/c12-8-10-6-3-5-9-4-1-2-7-11(9)10;1-3-4-2;1-2-3(4)5/h1-8H;3-4H2,1-2H3;2H,1H2,(H2,4,5). The molecule has 2 aromatic carbocycles. The molecule has 0 radical (unpaired) electrons. The van der Waals surface area contributed by atoms with Gasteiger partial charge in [-0.25, -0.2) is 0 Å². The van der Waals surface area contributed by atoms with Crippen molar-refractivity contribution in [2.24, 2.45) is 5.73 Å². The first-order valence-electron chi connectivity index (χ1n) is 6.95. The van der Waals surface area contributed by atoms with Gasteiger partial charge in [-0.05, 0) is 16.8 Å². The van der Waals surface area contributed by atoms with E-state index in [-0.39, 0.29) is 0 Å². The van der Waals surface area contributed by atoms with E-state index in [2.05, 4.69) is 26.2 Å². The van der Waals surface area contributed by atoms with Crippen LogP contribution in [0.2, 0.25) is 0 Å². The van der Waals surface area contributed by atoms with Crippen molar-refractivity contribution in [3.8, 4) is 0 Å². The molecular formula is C18H23NO2. The molecule has 0 unspecified atom stereocenters. The van der Waals surface area contributed by atoms with Gasteiger partial charge in [0.2, 0.25) is 5.91 Å². The van der Waals surface area contributed by atoms with E-state index in [1.165, 1.54) is 12.8 Å². The minimum Gasteiger partial charge on any atom is -0.366 e. The van der Waals surface area contributed by atoms with E-state index in [1.807, 2.05) is 42.5 Å². The van der Waals surface area contributed by atoms with Gasteiger partial charge in [0.05, 0.1) is 0 Å². The molecule has 0 bridgehead atoms. The van der Waals surface area contributed by atoms with Gasteiger partial charge in [-0.2, -0.15) is 0 Å². The summed E-state index contributed by atoms with van der Waals surface area (Å²) in [6.45, 7) is 7.45. The van der Waals surface area contributed by atoms with E-state index in [1.54, 1.807) is 0 Å². The van der Waals surface area contributed by atoms with Crippen LogP contribution >= 0.6 is 0 Å². The molecule has 3 nitrogen and oxygen atoms in total. The molecule has 2 aromatic rings. The van der Waals surface area contributed by atoms with Crippen LogP contribution < -0.4 is 5.73 Å². The van der Waals surface area contributed by atoms with Crippen LogP contribution in [0.15, 0.2) is 55.1 Å². The minimum atomic E-state index is -0.481. The summed E-state index contributed by atoms with van der Waals surface area (Å²) in [5.74, 6) is -0.481. The zero-order valence-electron chi connectivity index (χ0n) is 12.7. The SMILES string of the molecule is C=CC(N)=O.CCCC.O=Cc1cccc2ccccc12. The number of hydrogen-bond acceptors (Lipinski definition) is 2. The molecule has 0 saturated carbocycles. The summed E-state index contributed by atoms with van der Waals surface area (Å²) in [4.78, 5) is 20.1. The zero-order chi connectivity index (χ0) is 16.1. The number of primary amides is 1. The lowest BCUT2D eigenvalue weighted by molar-refractivity contribution is -0.113. The lowest BCUT2D eigenvalue weighted by atomic mass is 10.1. The predicted octanol–water partition coefficient (Wildman–Crippen LogP) is 4.12. The maximum Gasteiger partial charge on any atom is 0.240 e. The van der Waals surface area contributed by atoms with Gasteiger partial charge in [0.25, 0.3) is 0 Å². The molecule has 0 aliphatic heterocycles. The Kier molecular flexibility index (Phi) is 10.1. The van der Waals surface area contributed by atoms with Gasteiger partial charge in [0, 0.05) is 5.56 Å². The third-order valence-corrected chi connectivity index (χ3v) is 2.65. The van der Waals surface area contributed by atoms with E-state index < -0.39 is 5.91 Å². The fourth-order valence-corrected chi connectivity index (χ4v) is 1.35. The van der Waals surface area contributed by atoms with Crippen LogP contribution in [0, 0.1) is 0 Å². The third kappa shape index (κ3) is 7.67. The van der Waals surface area contributed by atoms with Gasteiger partial charge in [0.1, 0.15) is 0 Å². The van der Waals surface area contributed by atoms with Crippen LogP contribution in [-0.4, -0.2) is 12.2 Å². The summed E-state index contributed by atoms with van der Waals surface area (Å²) < 4.78 is 0. The summed E-state index contributed by atoms with van der Waals surface area (Å²) >= 11 is 0. The highest BCUT2D eigenvalue weighted by atomic mass is 16.1. The quantitative estimate of drug-likeness (QED) is 0.681. The highest BCUT2D eigenvalue weighted by Crippen LogP contribution is 2.16. The van der Waals surface area contributed by atoms with Crippen molar-refractivity contribution < 1.29 is 9.59 Å². The minimum absolute atomic E-state index is 0.481. The number of carbonyl (C=O) groups is 2. The van der Waals surface area contributed by atoms with Crippen molar-refractivity contribution in [3.63, 3.8) is 0 Å². The average molecular weight is 285 g/mol. The van der Waals surface area contributed by atoms with Gasteiger partial charge in [-0.15, -0.1) is 0 Å². The van der Waals surface area contributed by atoms with E-state index in [0.717, 1.165) is 28.7 Å². The Morgan fingerprint density at radius 2 is 1.62 bits per heavy atom. The summed E-state index contributed by atoms with van der Waals surface area (Å²) in [5, 5.41) is 2.14. The van der Waals surface area contributed by atoms with E-state index in [9.17, 15) is 9.59 Å². The molecule has 2 rings (SSSR count). The summed E-state index contributed by atoms with van der Waals surface area (Å²) in [6.07, 6.45) is 4.59. The number of carbonyl (C=O) groups excluding carboxylic acids is 2. The first kappa shape index (κ1) is 18.6. The van der Waals surface area contributed by atoms with Gasteiger partial charge in [0.15, 0.2) is 6.29 Å². The Hall–Kier alpha value is -2.42. The Labute approximate surface area is 126 Å². The summed E-state index contributed by atoms with van der Waals surface area (Å²) in [5.41, 5.74) is 5.29. The van der Waals surface area contributed by atoms with Crippen LogP contribution in [0.4, 0.5) is 0 Å². The van der Waals surface area contributed by atoms with Crippen molar-refractivity contribution in [1.82, 2.24) is 0 Å². The molecule has 0 fully saturated rings. The largest absolute Gasteiger partial charge is 0.366 e. The number of hydrogen-bond donors (Lipinski definition) is 1. The summed E-state index contributed by atoms with van der Waals surface area (Å²) in [6, 6.07) is 13.6. The topological polar surface area (TPSA) is 60.2 Å². The molecule has 1 amide bonds. The molecule has 0 atom stereocenters. The Balaban J connectivity index is 0.000000374. The molecule has 0 spiro atoms. The van der Waals surface area contributed by atoms with Crippen LogP contribution in [-0.2, 0) is 4.79 Å². The third-order valence-electron chi connectivity index (χ3n) is 2.65. The van der Waals surface area contributed by atoms with E-state index >= 15 is 0 Å². The van der Waals surface area contributed by atoms with Gasteiger partial charge >= 0.3 is 0 Å². The van der Waals surface area contributed by atoms with Crippen molar-refractivity contribution in [1.29, 1.82) is 0 Å². The Morgan fingerprint density at radius 1 is 1.10 bits per heavy atom. The second kappa shape index (κ2) is 11.4. The molecular weight excluding hydrogens is 262 g/mol. The smallest absolute Gasteiger partial charge is 0.240 e. The van der Waals surface area contributed by atoms with Crippen molar-refractivity contribution >= 4 is 23.0 Å². The molecule has 0 heterocycles. The fourth-order valence-electron chi connectivity index (χ4n) is 1.35. The second-order valence-corrected chi connectivity index (χ2v) is 4.29. The van der Waals surface area contributed by atoms with Crippen LogP contribution in [0.3, 0.4) is 0 Å². The van der Waals surface area contributed by atoms with Crippen LogP contribution in [0.1, 0.15) is 37.0 Å². The number of aldehydes is 1. The number of nitrogens with two attached hydrogens (primary N) is 1. The maximum absolute atomic E-state index is 10.6. The van der Waals surface area contributed by atoms with Gasteiger partial charge in [-0.1, -0.05) is 75.7 Å².